The normalized spacial score (nSPS) is 51.6. The molecule has 4 aliphatic carbocycles. The van der Waals surface area contributed by atoms with Gasteiger partial charge in [0.25, 0.3) is 0 Å². The van der Waals surface area contributed by atoms with E-state index < -0.39 is 0 Å². The van der Waals surface area contributed by atoms with E-state index in [9.17, 15) is 9.59 Å². The van der Waals surface area contributed by atoms with E-state index in [4.69, 9.17) is 0 Å². The Labute approximate surface area is 96.8 Å². The average Bonchev–Trinajstić information content (AvgIpc) is 2.15. The van der Waals surface area contributed by atoms with Crippen LogP contribution < -0.4 is 0 Å². The van der Waals surface area contributed by atoms with Gasteiger partial charge in [0.15, 0.2) is 0 Å². The Morgan fingerprint density at radius 3 is 2.56 bits per heavy atom. The molecule has 0 spiro atoms. The number of carbonyl (C=O) groups is 2. The van der Waals surface area contributed by atoms with Crippen LogP contribution in [0.1, 0.15) is 52.4 Å². The van der Waals surface area contributed by atoms with Gasteiger partial charge in [0.2, 0.25) is 0 Å². The lowest BCUT2D eigenvalue weighted by molar-refractivity contribution is -0.171. The zero-order valence-electron chi connectivity index (χ0n) is 10.2. The molecular formula is C14H20O2. The molecule has 2 bridgehead atoms. The van der Waals surface area contributed by atoms with E-state index in [1.165, 1.54) is 0 Å². The third-order valence-electron chi connectivity index (χ3n) is 5.58. The summed E-state index contributed by atoms with van der Waals surface area (Å²) in [5.41, 5.74) is -0.0181. The predicted octanol–water partition coefficient (Wildman–Crippen LogP) is 2.75. The quantitative estimate of drug-likeness (QED) is 0.629. The van der Waals surface area contributed by atoms with Gasteiger partial charge in [-0.15, -0.1) is 0 Å². The molecule has 0 saturated heterocycles. The highest BCUT2D eigenvalue weighted by Crippen LogP contribution is 2.64. The Hall–Kier alpha value is -0.660. The monoisotopic (exact) mass is 220 g/mol. The maximum absolute atomic E-state index is 12.2. The van der Waals surface area contributed by atoms with Gasteiger partial charge in [0.1, 0.15) is 11.6 Å². The fourth-order valence-corrected chi connectivity index (χ4v) is 5.05. The van der Waals surface area contributed by atoms with Crippen LogP contribution in [0.3, 0.4) is 0 Å². The summed E-state index contributed by atoms with van der Waals surface area (Å²) in [6.45, 7) is 4.38. The van der Waals surface area contributed by atoms with Crippen molar-refractivity contribution in [2.45, 2.75) is 52.4 Å². The topological polar surface area (TPSA) is 34.1 Å². The van der Waals surface area contributed by atoms with E-state index in [0.717, 1.165) is 32.1 Å². The van der Waals surface area contributed by atoms with Crippen LogP contribution in [-0.4, -0.2) is 11.6 Å². The van der Waals surface area contributed by atoms with Crippen molar-refractivity contribution in [3.05, 3.63) is 0 Å². The van der Waals surface area contributed by atoms with Crippen molar-refractivity contribution in [1.29, 1.82) is 0 Å². The van der Waals surface area contributed by atoms with E-state index in [0.29, 0.717) is 18.0 Å². The van der Waals surface area contributed by atoms with Gasteiger partial charge in [-0.25, -0.2) is 0 Å². The van der Waals surface area contributed by atoms with E-state index in [-0.39, 0.29) is 22.7 Å². The summed E-state index contributed by atoms with van der Waals surface area (Å²) in [6, 6.07) is 0. The Kier molecular flexibility index (Phi) is 1.94. The Balaban J connectivity index is 2.11. The number of fused-ring (bicyclic) bond motifs is 2. The molecule has 4 rings (SSSR count). The van der Waals surface area contributed by atoms with Gasteiger partial charge in [-0.05, 0) is 36.5 Å². The Morgan fingerprint density at radius 2 is 1.88 bits per heavy atom. The molecule has 0 radical (unpaired) electrons. The van der Waals surface area contributed by atoms with Gasteiger partial charge in [0, 0.05) is 24.7 Å². The molecule has 2 nitrogen and oxygen atoms in total. The predicted molar refractivity (Wildman–Crippen MR) is 60.9 cm³/mol. The van der Waals surface area contributed by atoms with E-state index >= 15 is 0 Å². The van der Waals surface area contributed by atoms with Crippen molar-refractivity contribution in [3.63, 3.8) is 0 Å². The number of rotatable bonds is 0. The molecule has 0 N–H and O–H groups in total. The van der Waals surface area contributed by atoms with Gasteiger partial charge in [-0.3, -0.25) is 9.59 Å². The van der Waals surface area contributed by atoms with Crippen molar-refractivity contribution in [2.24, 2.45) is 22.7 Å². The first-order valence-electron chi connectivity index (χ1n) is 6.53. The molecule has 0 aromatic heterocycles. The minimum Gasteiger partial charge on any atom is -0.299 e. The van der Waals surface area contributed by atoms with Crippen LogP contribution in [0.5, 0.6) is 0 Å². The molecule has 0 aliphatic heterocycles. The summed E-state index contributed by atoms with van der Waals surface area (Å²) < 4.78 is 0. The fraction of sp³-hybridized carbons (Fsp3) is 0.857. The average molecular weight is 220 g/mol. The van der Waals surface area contributed by atoms with Crippen LogP contribution in [0, 0.1) is 22.7 Å². The van der Waals surface area contributed by atoms with Crippen molar-refractivity contribution in [1.82, 2.24) is 0 Å². The number of hydrogen-bond donors (Lipinski definition) is 0. The summed E-state index contributed by atoms with van der Waals surface area (Å²) >= 11 is 0. The van der Waals surface area contributed by atoms with Gasteiger partial charge in [-0.2, -0.15) is 0 Å². The number of Topliss-reactive ketones (excluding diaryl/α,β-unsaturated/α-hetero) is 2. The lowest BCUT2D eigenvalue weighted by atomic mass is 9.41. The second kappa shape index (κ2) is 2.96. The molecule has 0 amide bonds. The molecule has 0 heterocycles. The van der Waals surface area contributed by atoms with Crippen molar-refractivity contribution >= 4 is 11.6 Å². The summed E-state index contributed by atoms with van der Waals surface area (Å²) in [5.74, 6) is 1.23. The minimum absolute atomic E-state index is 0.00231. The van der Waals surface area contributed by atoms with Crippen LogP contribution in [0.2, 0.25) is 0 Å². The first-order chi connectivity index (χ1) is 7.47. The molecule has 0 unspecified atom stereocenters. The fourth-order valence-electron chi connectivity index (χ4n) is 5.05. The smallest absolute Gasteiger partial charge is 0.137 e. The molecule has 16 heavy (non-hydrogen) atoms. The molecule has 4 saturated carbocycles. The van der Waals surface area contributed by atoms with Crippen LogP contribution in [-0.2, 0) is 9.59 Å². The van der Waals surface area contributed by atoms with Crippen molar-refractivity contribution in [2.75, 3.05) is 0 Å². The first kappa shape index (κ1) is 10.5. The standard InChI is InChI=1S/C14H20O2/c1-13-7-5-9(11(16)8-13)14(2)6-3-4-10(15)12(13)14/h9,12H,3-8H2,1-2H3/t9-,12+,13+,14+/m0/s1. The van der Waals surface area contributed by atoms with Crippen LogP contribution in [0.25, 0.3) is 0 Å². The van der Waals surface area contributed by atoms with Crippen LogP contribution in [0.4, 0.5) is 0 Å². The van der Waals surface area contributed by atoms with E-state index in [1.807, 2.05) is 0 Å². The van der Waals surface area contributed by atoms with Gasteiger partial charge in [-0.1, -0.05) is 13.8 Å². The maximum Gasteiger partial charge on any atom is 0.137 e. The SMILES string of the molecule is C[C@@]12CC[C@@H](C(=O)C1)[C@@]1(C)CCCC(=O)[C@H]21. The third kappa shape index (κ3) is 1.08. The minimum atomic E-state index is -0.0158. The van der Waals surface area contributed by atoms with Crippen LogP contribution in [0.15, 0.2) is 0 Å². The molecule has 88 valence electrons. The molecule has 0 aromatic carbocycles. The van der Waals surface area contributed by atoms with E-state index in [1.54, 1.807) is 0 Å². The summed E-state index contributed by atoms with van der Waals surface area (Å²) in [5, 5.41) is 0. The van der Waals surface area contributed by atoms with Gasteiger partial charge in [0.05, 0.1) is 0 Å². The number of carbonyl (C=O) groups excluding carboxylic acids is 2. The van der Waals surface area contributed by atoms with Crippen molar-refractivity contribution < 1.29 is 9.59 Å². The Bertz CT molecular complexity index is 373. The molecule has 4 atom stereocenters. The zero-order valence-corrected chi connectivity index (χ0v) is 10.2. The van der Waals surface area contributed by atoms with Crippen LogP contribution >= 0.6 is 0 Å². The summed E-state index contributed by atoms with van der Waals surface area (Å²) in [6.07, 6.45) is 5.58. The maximum atomic E-state index is 12.2. The van der Waals surface area contributed by atoms with Gasteiger partial charge < -0.3 is 0 Å². The highest BCUT2D eigenvalue weighted by Gasteiger charge is 2.63. The summed E-state index contributed by atoms with van der Waals surface area (Å²) in [7, 11) is 0. The summed E-state index contributed by atoms with van der Waals surface area (Å²) in [4.78, 5) is 24.3. The second-order valence-corrected chi connectivity index (χ2v) is 6.65. The molecular weight excluding hydrogens is 200 g/mol. The number of hydrogen-bond acceptors (Lipinski definition) is 2. The van der Waals surface area contributed by atoms with Crippen molar-refractivity contribution in [3.8, 4) is 0 Å². The van der Waals surface area contributed by atoms with Gasteiger partial charge >= 0.3 is 0 Å². The third-order valence-corrected chi connectivity index (χ3v) is 5.58. The lowest BCUT2D eigenvalue weighted by Gasteiger charge is -2.61. The highest BCUT2D eigenvalue weighted by molar-refractivity contribution is 5.91. The number of ketones is 2. The molecule has 4 fully saturated rings. The van der Waals surface area contributed by atoms with E-state index in [2.05, 4.69) is 13.8 Å². The molecule has 2 heteroatoms. The zero-order chi connectivity index (χ0) is 11.6. The second-order valence-electron chi connectivity index (χ2n) is 6.65. The lowest BCUT2D eigenvalue weighted by Crippen LogP contribution is -2.61. The Morgan fingerprint density at radius 1 is 1.12 bits per heavy atom. The highest BCUT2D eigenvalue weighted by atomic mass is 16.1. The molecule has 4 aliphatic rings. The largest absolute Gasteiger partial charge is 0.299 e. The first-order valence-corrected chi connectivity index (χ1v) is 6.53. The molecule has 0 aromatic rings.